The van der Waals surface area contributed by atoms with Crippen molar-refractivity contribution in [2.45, 2.75) is 13.1 Å². The number of amides is 1. The van der Waals surface area contributed by atoms with Gasteiger partial charge in [-0.25, -0.2) is 9.78 Å². The third kappa shape index (κ3) is 3.10. The van der Waals surface area contributed by atoms with Gasteiger partial charge in [-0.2, -0.15) is 5.10 Å². The van der Waals surface area contributed by atoms with Crippen LogP contribution >= 0.6 is 0 Å². The molecule has 0 aliphatic carbocycles. The largest absolute Gasteiger partial charge is 0.476 e. The van der Waals surface area contributed by atoms with E-state index in [9.17, 15) is 9.59 Å². The number of rotatable bonds is 3. The van der Waals surface area contributed by atoms with Gasteiger partial charge in [0.05, 0.1) is 44.4 Å². The molecule has 2 aliphatic rings. The predicted molar refractivity (Wildman–Crippen MR) is 89.0 cm³/mol. The normalized spacial score (nSPS) is 17.1. The number of anilines is 1. The minimum atomic E-state index is -1.11. The second kappa shape index (κ2) is 6.71. The molecular formula is C16H18N6O4. The van der Waals surface area contributed by atoms with Crippen LogP contribution in [0.3, 0.4) is 0 Å². The van der Waals surface area contributed by atoms with Gasteiger partial charge in [0.15, 0.2) is 11.4 Å². The number of aromatic nitrogens is 4. The van der Waals surface area contributed by atoms with Gasteiger partial charge >= 0.3 is 5.97 Å². The van der Waals surface area contributed by atoms with E-state index in [1.807, 2.05) is 9.58 Å². The third-order valence-electron chi connectivity index (χ3n) is 4.48. The number of carbonyl (C=O) groups is 2. The molecule has 0 unspecified atom stereocenters. The Bertz CT molecular complexity index is 845. The van der Waals surface area contributed by atoms with Crippen LogP contribution < -0.4 is 4.90 Å². The summed E-state index contributed by atoms with van der Waals surface area (Å²) in [6.07, 6.45) is 2.76. The van der Waals surface area contributed by atoms with Gasteiger partial charge in [0, 0.05) is 19.6 Å². The minimum absolute atomic E-state index is 0.0885. The first-order valence-electron chi connectivity index (χ1n) is 8.36. The zero-order valence-electron chi connectivity index (χ0n) is 14.0. The number of carbonyl (C=O) groups excluding carboxylic acids is 1. The molecule has 4 heterocycles. The Hall–Kier alpha value is -3.01. The van der Waals surface area contributed by atoms with Crippen molar-refractivity contribution in [3.63, 3.8) is 0 Å². The molecule has 1 amide bonds. The summed E-state index contributed by atoms with van der Waals surface area (Å²) in [4.78, 5) is 35.4. The number of hydrogen-bond acceptors (Lipinski definition) is 7. The van der Waals surface area contributed by atoms with E-state index in [1.165, 1.54) is 12.4 Å². The zero-order valence-corrected chi connectivity index (χ0v) is 14.0. The summed E-state index contributed by atoms with van der Waals surface area (Å²) in [5.74, 6) is -0.701. The van der Waals surface area contributed by atoms with Crippen molar-refractivity contribution in [1.82, 2.24) is 24.6 Å². The predicted octanol–water partition coefficient (Wildman–Crippen LogP) is -0.136. The third-order valence-corrected chi connectivity index (χ3v) is 4.48. The lowest BCUT2D eigenvalue weighted by Crippen LogP contribution is -2.40. The van der Waals surface area contributed by atoms with Crippen LogP contribution in [-0.2, 0) is 17.8 Å². The van der Waals surface area contributed by atoms with Gasteiger partial charge < -0.3 is 19.6 Å². The van der Waals surface area contributed by atoms with Crippen molar-refractivity contribution in [2.24, 2.45) is 0 Å². The second-order valence-electron chi connectivity index (χ2n) is 6.14. The molecule has 0 aromatic carbocycles. The lowest BCUT2D eigenvalue weighted by Gasteiger charge is -2.28. The molecular weight excluding hydrogens is 340 g/mol. The molecule has 2 aliphatic heterocycles. The number of aromatic carboxylic acids is 1. The van der Waals surface area contributed by atoms with Gasteiger partial charge in [0.2, 0.25) is 0 Å². The fourth-order valence-electron chi connectivity index (χ4n) is 3.11. The number of carboxylic acids is 1. The Kier molecular flexibility index (Phi) is 4.25. The van der Waals surface area contributed by atoms with Crippen molar-refractivity contribution in [3.05, 3.63) is 35.5 Å². The van der Waals surface area contributed by atoms with E-state index in [0.717, 1.165) is 5.69 Å². The first-order valence-corrected chi connectivity index (χ1v) is 8.36. The molecule has 1 fully saturated rings. The van der Waals surface area contributed by atoms with E-state index >= 15 is 0 Å². The van der Waals surface area contributed by atoms with E-state index in [-0.39, 0.29) is 11.6 Å². The van der Waals surface area contributed by atoms with Crippen molar-refractivity contribution in [2.75, 3.05) is 37.7 Å². The summed E-state index contributed by atoms with van der Waals surface area (Å²) in [5, 5.41) is 13.5. The fourth-order valence-corrected chi connectivity index (χ4v) is 3.11. The molecule has 136 valence electrons. The van der Waals surface area contributed by atoms with Gasteiger partial charge in [-0.05, 0) is 6.07 Å². The van der Waals surface area contributed by atoms with Gasteiger partial charge in [0.1, 0.15) is 5.82 Å². The molecule has 26 heavy (non-hydrogen) atoms. The van der Waals surface area contributed by atoms with Crippen molar-refractivity contribution >= 4 is 17.7 Å². The lowest BCUT2D eigenvalue weighted by molar-refractivity contribution is 0.0298. The van der Waals surface area contributed by atoms with Gasteiger partial charge in [-0.1, -0.05) is 0 Å². The molecule has 10 nitrogen and oxygen atoms in total. The zero-order chi connectivity index (χ0) is 18.1. The van der Waals surface area contributed by atoms with Crippen LogP contribution in [0.1, 0.15) is 26.7 Å². The molecule has 2 aromatic rings. The average Bonchev–Trinajstić information content (AvgIpc) is 3.11. The Morgan fingerprint density at radius 1 is 1.08 bits per heavy atom. The van der Waals surface area contributed by atoms with Gasteiger partial charge in [-0.15, -0.1) is 0 Å². The summed E-state index contributed by atoms with van der Waals surface area (Å²) in [7, 11) is 0. The monoisotopic (exact) mass is 358 g/mol. The Balaban J connectivity index is 1.52. The standard InChI is InChI=1S/C16H18N6O4/c23-15(20-3-5-26-6-4-20)12-7-11-10-21(1-2-22(11)19-12)14-9-17-8-13(18-14)16(24)25/h7-9H,1-6,10H2,(H,24,25). The van der Waals surface area contributed by atoms with Gasteiger partial charge in [-0.3, -0.25) is 14.5 Å². The first-order chi connectivity index (χ1) is 12.6. The molecule has 1 saturated heterocycles. The van der Waals surface area contributed by atoms with Crippen LogP contribution in [-0.4, -0.2) is 74.5 Å². The summed E-state index contributed by atoms with van der Waals surface area (Å²) in [6, 6.07) is 1.79. The van der Waals surface area contributed by atoms with E-state index in [1.54, 1.807) is 11.0 Å². The summed E-state index contributed by atoms with van der Waals surface area (Å²) in [6.45, 7) is 3.93. The van der Waals surface area contributed by atoms with Crippen LogP contribution in [0.5, 0.6) is 0 Å². The highest BCUT2D eigenvalue weighted by molar-refractivity contribution is 5.92. The molecule has 0 saturated carbocycles. The summed E-state index contributed by atoms with van der Waals surface area (Å²) in [5.41, 5.74) is 1.22. The average molecular weight is 358 g/mol. The van der Waals surface area contributed by atoms with Gasteiger partial charge in [0.25, 0.3) is 5.91 Å². The van der Waals surface area contributed by atoms with Crippen molar-refractivity contribution < 1.29 is 19.4 Å². The maximum absolute atomic E-state index is 12.6. The highest BCUT2D eigenvalue weighted by Gasteiger charge is 2.25. The molecule has 4 rings (SSSR count). The minimum Gasteiger partial charge on any atom is -0.476 e. The maximum Gasteiger partial charge on any atom is 0.356 e. The first kappa shape index (κ1) is 16.5. The number of morpholine rings is 1. The summed E-state index contributed by atoms with van der Waals surface area (Å²) >= 11 is 0. The SMILES string of the molecule is O=C(O)c1cncc(N2CCn3nc(C(=O)N4CCOCC4)cc3C2)n1. The number of hydrogen-bond donors (Lipinski definition) is 1. The summed E-state index contributed by atoms with van der Waals surface area (Å²) < 4.78 is 7.09. The smallest absolute Gasteiger partial charge is 0.356 e. The van der Waals surface area contributed by atoms with Crippen molar-refractivity contribution in [3.8, 4) is 0 Å². The number of ether oxygens (including phenoxy) is 1. The second-order valence-corrected chi connectivity index (χ2v) is 6.14. The molecule has 0 radical (unpaired) electrons. The van der Waals surface area contributed by atoms with Crippen LogP contribution in [0.25, 0.3) is 0 Å². The van der Waals surface area contributed by atoms with Crippen LogP contribution in [0.15, 0.2) is 18.5 Å². The fraction of sp³-hybridized carbons (Fsp3) is 0.438. The topological polar surface area (TPSA) is 114 Å². The van der Waals surface area contributed by atoms with Crippen LogP contribution in [0.2, 0.25) is 0 Å². The molecule has 10 heteroatoms. The Morgan fingerprint density at radius 3 is 2.65 bits per heavy atom. The molecule has 0 atom stereocenters. The number of nitrogens with zero attached hydrogens (tertiary/aromatic N) is 6. The van der Waals surface area contributed by atoms with Crippen molar-refractivity contribution in [1.29, 1.82) is 0 Å². The number of fused-ring (bicyclic) bond motifs is 1. The lowest BCUT2D eigenvalue weighted by atomic mass is 10.2. The van der Waals surface area contributed by atoms with E-state index in [4.69, 9.17) is 9.84 Å². The van der Waals surface area contributed by atoms with Crippen LogP contribution in [0, 0.1) is 0 Å². The Morgan fingerprint density at radius 2 is 1.88 bits per heavy atom. The van der Waals surface area contributed by atoms with E-state index < -0.39 is 5.97 Å². The molecule has 0 spiro atoms. The van der Waals surface area contributed by atoms with E-state index in [0.29, 0.717) is 57.4 Å². The Labute approximate surface area is 149 Å². The highest BCUT2D eigenvalue weighted by Crippen LogP contribution is 2.20. The highest BCUT2D eigenvalue weighted by atomic mass is 16.5. The maximum atomic E-state index is 12.6. The number of carboxylic acid groups (broad SMARTS) is 1. The molecule has 1 N–H and O–H groups in total. The van der Waals surface area contributed by atoms with Crippen LogP contribution in [0.4, 0.5) is 5.82 Å². The molecule has 0 bridgehead atoms. The van der Waals surface area contributed by atoms with E-state index in [2.05, 4.69) is 15.1 Å². The quantitative estimate of drug-likeness (QED) is 0.807. The molecule has 2 aromatic heterocycles.